The first-order valence-electron chi connectivity index (χ1n) is 4.37. The van der Waals surface area contributed by atoms with Gasteiger partial charge in [0.1, 0.15) is 5.75 Å². The fraction of sp³-hybridized carbons (Fsp3) is 0.273. The van der Waals surface area contributed by atoms with Crippen molar-refractivity contribution in [2.24, 2.45) is 0 Å². The number of thiophene rings is 1. The Morgan fingerprint density at radius 1 is 1.50 bits per heavy atom. The van der Waals surface area contributed by atoms with Crippen molar-refractivity contribution in [3.8, 4) is 5.75 Å². The molecule has 3 heteroatoms. The molecule has 0 aliphatic carbocycles. The average Bonchev–Trinajstić information content (AvgIpc) is 2.65. The summed E-state index contributed by atoms with van der Waals surface area (Å²) in [5.74, 6) is 1.50. The molecule has 0 saturated heterocycles. The smallest absolute Gasteiger partial charge is 0.136 e. The molecule has 1 aromatic carbocycles. The quantitative estimate of drug-likeness (QED) is 0.705. The van der Waals surface area contributed by atoms with Crippen molar-refractivity contribution in [1.82, 2.24) is 0 Å². The van der Waals surface area contributed by atoms with Crippen LogP contribution < -0.4 is 4.74 Å². The summed E-state index contributed by atoms with van der Waals surface area (Å²) in [6.07, 6.45) is 0. The molecule has 74 valence electrons. The van der Waals surface area contributed by atoms with Crippen LogP contribution in [0, 0.1) is 6.92 Å². The van der Waals surface area contributed by atoms with Gasteiger partial charge in [-0.25, -0.2) is 0 Å². The molecule has 0 N–H and O–H groups in total. The first kappa shape index (κ1) is 9.81. The summed E-state index contributed by atoms with van der Waals surface area (Å²) in [7, 11) is 1.70. The predicted octanol–water partition coefficient (Wildman–Crippen LogP) is 3.96. The highest BCUT2D eigenvalue weighted by Gasteiger charge is 2.10. The highest BCUT2D eigenvalue weighted by atomic mass is 35.5. The molecule has 0 aliphatic rings. The lowest BCUT2D eigenvalue weighted by atomic mass is 10.1. The summed E-state index contributed by atoms with van der Waals surface area (Å²) in [6.45, 7) is 2.07. The zero-order chi connectivity index (χ0) is 10.1. The second-order valence-electron chi connectivity index (χ2n) is 3.17. The van der Waals surface area contributed by atoms with Crippen LogP contribution in [0.5, 0.6) is 5.75 Å². The molecular weight excluding hydrogens is 216 g/mol. The summed E-state index contributed by atoms with van der Waals surface area (Å²) >= 11 is 7.62. The summed E-state index contributed by atoms with van der Waals surface area (Å²) < 4.78 is 6.52. The predicted molar refractivity (Wildman–Crippen MR) is 62.7 cm³/mol. The van der Waals surface area contributed by atoms with Crippen LogP contribution >= 0.6 is 22.9 Å². The molecule has 2 rings (SSSR count). The van der Waals surface area contributed by atoms with Crippen molar-refractivity contribution < 1.29 is 4.74 Å². The zero-order valence-electron chi connectivity index (χ0n) is 8.13. The largest absolute Gasteiger partial charge is 0.495 e. The van der Waals surface area contributed by atoms with E-state index < -0.39 is 0 Å². The third-order valence-corrected chi connectivity index (χ3v) is 3.59. The van der Waals surface area contributed by atoms with Gasteiger partial charge in [0, 0.05) is 11.3 Å². The topological polar surface area (TPSA) is 9.23 Å². The van der Waals surface area contributed by atoms with Gasteiger partial charge in [-0.3, -0.25) is 0 Å². The van der Waals surface area contributed by atoms with Crippen molar-refractivity contribution in [2.75, 3.05) is 7.11 Å². The van der Waals surface area contributed by atoms with Gasteiger partial charge in [-0.1, -0.05) is 0 Å². The molecule has 0 bridgehead atoms. The summed E-state index contributed by atoms with van der Waals surface area (Å²) in [5, 5.41) is 3.30. The Balaban J connectivity index is 2.81. The van der Waals surface area contributed by atoms with Crippen LogP contribution in [-0.2, 0) is 5.88 Å². The van der Waals surface area contributed by atoms with Gasteiger partial charge >= 0.3 is 0 Å². The van der Waals surface area contributed by atoms with E-state index in [1.807, 2.05) is 0 Å². The molecule has 1 aromatic heterocycles. The minimum atomic E-state index is 0.559. The minimum Gasteiger partial charge on any atom is -0.495 e. The summed E-state index contributed by atoms with van der Waals surface area (Å²) in [5.41, 5.74) is 2.41. The van der Waals surface area contributed by atoms with Crippen molar-refractivity contribution >= 4 is 33.0 Å². The van der Waals surface area contributed by atoms with E-state index in [2.05, 4.69) is 24.4 Å². The van der Waals surface area contributed by atoms with E-state index in [4.69, 9.17) is 16.3 Å². The van der Waals surface area contributed by atoms with Gasteiger partial charge in [0.05, 0.1) is 11.8 Å². The maximum Gasteiger partial charge on any atom is 0.136 e. The van der Waals surface area contributed by atoms with Crippen LogP contribution in [-0.4, -0.2) is 7.11 Å². The molecule has 0 amide bonds. The molecule has 2 aromatic rings. The van der Waals surface area contributed by atoms with Gasteiger partial charge < -0.3 is 4.74 Å². The van der Waals surface area contributed by atoms with Gasteiger partial charge in [-0.15, -0.1) is 22.9 Å². The number of hydrogen-bond donors (Lipinski definition) is 0. The van der Waals surface area contributed by atoms with Crippen molar-refractivity contribution in [3.05, 3.63) is 28.6 Å². The van der Waals surface area contributed by atoms with Crippen LogP contribution in [0.1, 0.15) is 11.1 Å². The van der Waals surface area contributed by atoms with Gasteiger partial charge in [0.2, 0.25) is 0 Å². The van der Waals surface area contributed by atoms with E-state index in [0.717, 1.165) is 5.75 Å². The van der Waals surface area contributed by atoms with E-state index in [0.29, 0.717) is 5.88 Å². The fourth-order valence-corrected chi connectivity index (χ4v) is 2.90. The Hall–Kier alpha value is -0.730. The number of hydrogen-bond acceptors (Lipinski definition) is 2. The first-order valence-corrected chi connectivity index (χ1v) is 5.79. The molecule has 0 spiro atoms. The maximum atomic E-state index is 5.93. The Labute approximate surface area is 92.3 Å². The van der Waals surface area contributed by atoms with E-state index in [1.54, 1.807) is 18.4 Å². The molecule has 1 heterocycles. The lowest BCUT2D eigenvalue weighted by Crippen LogP contribution is -1.89. The minimum absolute atomic E-state index is 0.559. The highest BCUT2D eigenvalue weighted by Crippen LogP contribution is 2.35. The van der Waals surface area contributed by atoms with E-state index in [9.17, 15) is 0 Å². The number of ether oxygens (including phenoxy) is 1. The normalized spacial score (nSPS) is 10.8. The molecule has 14 heavy (non-hydrogen) atoms. The van der Waals surface area contributed by atoms with Crippen molar-refractivity contribution in [2.45, 2.75) is 12.8 Å². The number of methoxy groups -OCH3 is 1. The Bertz CT molecular complexity index is 462. The Morgan fingerprint density at radius 2 is 2.29 bits per heavy atom. The van der Waals surface area contributed by atoms with E-state index in [1.165, 1.54) is 21.2 Å². The van der Waals surface area contributed by atoms with Crippen LogP contribution in [0.3, 0.4) is 0 Å². The first-order chi connectivity index (χ1) is 6.77. The number of fused-ring (bicyclic) bond motifs is 1. The number of alkyl halides is 1. The van der Waals surface area contributed by atoms with Gasteiger partial charge in [0.25, 0.3) is 0 Å². The average molecular weight is 227 g/mol. The summed E-state index contributed by atoms with van der Waals surface area (Å²) in [4.78, 5) is 0. The molecule has 0 saturated carbocycles. The maximum absolute atomic E-state index is 5.93. The Kier molecular flexibility index (Phi) is 2.66. The molecule has 0 atom stereocenters. The molecule has 0 unspecified atom stereocenters. The molecule has 1 nitrogen and oxygen atoms in total. The van der Waals surface area contributed by atoms with E-state index >= 15 is 0 Å². The molecule has 0 aliphatic heterocycles. The fourth-order valence-electron chi connectivity index (χ4n) is 1.63. The van der Waals surface area contributed by atoms with Crippen LogP contribution in [0.2, 0.25) is 0 Å². The van der Waals surface area contributed by atoms with Crippen LogP contribution in [0.25, 0.3) is 10.1 Å². The molecule has 0 fully saturated rings. The van der Waals surface area contributed by atoms with Crippen LogP contribution in [0.4, 0.5) is 0 Å². The second kappa shape index (κ2) is 3.79. The van der Waals surface area contributed by atoms with Crippen molar-refractivity contribution in [1.29, 1.82) is 0 Å². The number of aryl methyl sites for hydroxylation is 1. The monoisotopic (exact) mass is 226 g/mol. The highest BCUT2D eigenvalue weighted by molar-refractivity contribution is 7.17. The Morgan fingerprint density at radius 3 is 2.93 bits per heavy atom. The van der Waals surface area contributed by atoms with Gasteiger partial charge in [-0.05, 0) is 35.6 Å². The number of benzene rings is 1. The van der Waals surface area contributed by atoms with Gasteiger partial charge in [-0.2, -0.15) is 0 Å². The SMILES string of the molecule is COc1cc(C)c(CCl)c2ccsc12. The standard InChI is InChI=1S/C11H11ClOS/c1-7-5-10(13-2)11-8(3-4-14-11)9(7)6-12/h3-5H,6H2,1-2H3. The molecular formula is C11H11ClOS. The van der Waals surface area contributed by atoms with E-state index in [-0.39, 0.29) is 0 Å². The summed E-state index contributed by atoms with van der Waals surface area (Å²) in [6, 6.07) is 4.16. The zero-order valence-corrected chi connectivity index (χ0v) is 9.71. The van der Waals surface area contributed by atoms with Crippen molar-refractivity contribution in [3.63, 3.8) is 0 Å². The third-order valence-electron chi connectivity index (χ3n) is 2.39. The lowest BCUT2D eigenvalue weighted by Gasteiger charge is -2.08. The van der Waals surface area contributed by atoms with Crippen LogP contribution in [0.15, 0.2) is 17.5 Å². The second-order valence-corrected chi connectivity index (χ2v) is 4.35. The number of halogens is 1. The molecule has 0 radical (unpaired) electrons. The third kappa shape index (κ3) is 1.39. The number of rotatable bonds is 2. The van der Waals surface area contributed by atoms with Gasteiger partial charge in [0.15, 0.2) is 0 Å². The lowest BCUT2D eigenvalue weighted by molar-refractivity contribution is 0.420.